The fraction of sp³-hybridized carbons (Fsp3) is 0.500. The molecule has 2 N–H and O–H groups in total. The topological polar surface area (TPSA) is 44.6 Å². The van der Waals surface area contributed by atoms with E-state index in [1.54, 1.807) is 12.1 Å². The molecule has 0 bridgehead atoms. The molecule has 1 fully saturated rings. The van der Waals surface area contributed by atoms with E-state index in [0.29, 0.717) is 12.5 Å². The third-order valence-corrected chi connectivity index (χ3v) is 5.24. The summed E-state index contributed by atoms with van der Waals surface area (Å²) < 4.78 is 16.0. The molecule has 0 aliphatic carbocycles. The molecule has 0 saturated carbocycles. The predicted molar refractivity (Wildman–Crippen MR) is 128 cm³/mol. The van der Waals surface area contributed by atoms with Crippen LogP contribution in [-0.4, -0.2) is 48.2 Å². The van der Waals surface area contributed by atoms with E-state index in [0.717, 1.165) is 63.6 Å². The Kier molecular flexibility index (Phi) is 10.5. The number of aliphatic imine (C=N–C) groups is 1. The Bertz CT molecular complexity index is 727. The van der Waals surface area contributed by atoms with E-state index in [4.69, 9.17) is 4.99 Å². The second kappa shape index (κ2) is 12.8. The monoisotopic (exact) mass is 513 g/mol. The molecule has 160 valence electrons. The second-order valence-electron chi connectivity index (χ2n) is 7.38. The number of guanidine groups is 1. The zero-order valence-electron chi connectivity index (χ0n) is 17.2. The van der Waals surface area contributed by atoms with Crippen LogP contribution in [0.15, 0.2) is 53.8 Å². The summed E-state index contributed by atoms with van der Waals surface area (Å²) in [5.74, 6) is 1.38. The van der Waals surface area contributed by atoms with Crippen molar-refractivity contribution in [1.82, 2.24) is 20.1 Å². The normalized spacial score (nSPS) is 15.7. The summed E-state index contributed by atoms with van der Waals surface area (Å²) in [7, 11) is 0. The Morgan fingerprint density at radius 2 is 1.83 bits per heavy atom. The van der Waals surface area contributed by atoms with Crippen LogP contribution in [0.4, 0.5) is 4.39 Å². The Morgan fingerprint density at radius 3 is 2.52 bits per heavy atom. The van der Waals surface area contributed by atoms with E-state index in [-0.39, 0.29) is 29.8 Å². The van der Waals surface area contributed by atoms with Crippen LogP contribution in [0.3, 0.4) is 0 Å². The number of nitrogens with zero attached hydrogens (tertiary/aromatic N) is 3. The highest BCUT2D eigenvalue weighted by atomic mass is 127. The van der Waals surface area contributed by atoms with Gasteiger partial charge in [-0.25, -0.2) is 4.39 Å². The van der Waals surface area contributed by atoms with Crippen molar-refractivity contribution < 1.29 is 4.39 Å². The van der Waals surface area contributed by atoms with Crippen LogP contribution in [0.1, 0.15) is 25.3 Å². The van der Waals surface area contributed by atoms with Gasteiger partial charge in [0.1, 0.15) is 5.82 Å². The summed E-state index contributed by atoms with van der Waals surface area (Å²) in [6.45, 7) is 8.27. The number of hydrogen-bond acceptors (Lipinski definition) is 2. The molecule has 1 saturated heterocycles. The van der Waals surface area contributed by atoms with Gasteiger partial charge in [0.15, 0.2) is 5.96 Å². The van der Waals surface area contributed by atoms with E-state index < -0.39 is 0 Å². The molecule has 0 spiro atoms. The van der Waals surface area contributed by atoms with E-state index >= 15 is 0 Å². The average molecular weight is 513 g/mol. The van der Waals surface area contributed by atoms with Crippen molar-refractivity contribution >= 4 is 29.9 Å². The fourth-order valence-electron chi connectivity index (χ4n) is 3.58. The van der Waals surface area contributed by atoms with E-state index in [2.05, 4.69) is 39.4 Å². The maximum Gasteiger partial charge on any atom is 0.191 e. The number of likely N-dealkylation sites (tertiary alicyclic amines) is 1. The molecule has 0 amide bonds. The van der Waals surface area contributed by atoms with Crippen molar-refractivity contribution in [2.75, 3.05) is 32.7 Å². The van der Waals surface area contributed by atoms with Crippen molar-refractivity contribution in [1.29, 1.82) is 0 Å². The summed E-state index contributed by atoms with van der Waals surface area (Å²) in [6, 6.07) is 11.2. The molecule has 0 unspecified atom stereocenters. The standard InChI is InChI=1S/C22H32FN5.HI/c1-2-24-22(25-11-16-27-12-5-6-13-27)26-17-19-9-14-28(15-10-19)18-20-7-3-4-8-21(20)23;/h3-8,12-13,19H,2,9-11,14-18H2,1H3,(H2,24,25,26);1H. The van der Waals surface area contributed by atoms with Gasteiger partial charge in [0.25, 0.3) is 0 Å². The molecule has 1 aromatic heterocycles. The van der Waals surface area contributed by atoms with Gasteiger partial charge in [-0.2, -0.15) is 0 Å². The summed E-state index contributed by atoms with van der Waals surface area (Å²) >= 11 is 0. The van der Waals surface area contributed by atoms with Gasteiger partial charge in [-0.05, 0) is 57.0 Å². The van der Waals surface area contributed by atoms with E-state index in [1.807, 2.05) is 24.3 Å². The van der Waals surface area contributed by atoms with Gasteiger partial charge in [-0.15, -0.1) is 24.0 Å². The fourth-order valence-corrected chi connectivity index (χ4v) is 3.58. The molecule has 7 heteroatoms. The zero-order valence-corrected chi connectivity index (χ0v) is 19.5. The highest BCUT2D eigenvalue weighted by Crippen LogP contribution is 2.20. The summed E-state index contributed by atoms with van der Waals surface area (Å²) in [4.78, 5) is 7.13. The number of halogens is 2. The van der Waals surface area contributed by atoms with Crippen LogP contribution < -0.4 is 10.6 Å². The number of hydrogen-bond donors (Lipinski definition) is 2. The molecule has 29 heavy (non-hydrogen) atoms. The van der Waals surface area contributed by atoms with Crippen LogP contribution >= 0.6 is 24.0 Å². The van der Waals surface area contributed by atoms with Crippen molar-refractivity contribution in [3.8, 4) is 0 Å². The molecule has 5 nitrogen and oxygen atoms in total. The lowest BCUT2D eigenvalue weighted by atomic mass is 9.96. The molecule has 2 aromatic rings. The Balaban J connectivity index is 0.00000300. The maximum atomic E-state index is 13.8. The predicted octanol–water partition coefficient (Wildman–Crippen LogP) is 3.71. The largest absolute Gasteiger partial charge is 0.357 e. The second-order valence-corrected chi connectivity index (χ2v) is 7.38. The number of piperidine rings is 1. The van der Waals surface area contributed by atoms with Crippen molar-refractivity contribution in [2.45, 2.75) is 32.9 Å². The molecule has 1 aliphatic heterocycles. The van der Waals surface area contributed by atoms with Crippen molar-refractivity contribution in [3.05, 3.63) is 60.2 Å². The summed E-state index contributed by atoms with van der Waals surface area (Å²) in [5.41, 5.74) is 0.792. The third kappa shape index (κ3) is 7.97. The molecule has 0 radical (unpaired) electrons. The molecule has 1 aliphatic rings. The zero-order chi connectivity index (χ0) is 19.6. The lowest BCUT2D eigenvalue weighted by molar-refractivity contribution is 0.179. The van der Waals surface area contributed by atoms with Gasteiger partial charge in [-0.1, -0.05) is 18.2 Å². The Morgan fingerprint density at radius 1 is 1.10 bits per heavy atom. The van der Waals surface area contributed by atoms with Crippen LogP contribution in [0.2, 0.25) is 0 Å². The minimum Gasteiger partial charge on any atom is -0.357 e. The van der Waals surface area contributed by atoms with Crippen LogP contribution in [0, 0.1) is 11.7 Å². The van der Waals surface area contributed by atoms with E-state index in [1.165, 1.54) is 0 Å². The van der Waals surface area contributed by atoms with Gasteiger partial charge in [0.2, 0.25) is 0 Å². The summed E-state index contributed by atoms with van der Waals surface area (Å²) in [5, 5.41) is 6.74. The Hall–Kier alpha value is -1.61. The Labute approximate surface area is 190 Å². The van der Waals surface area contributed by atoms with Gasteiger partial charge in [0.05, 0.1) is 0 Å². The van der Waals surface area contributed by atoms with E-state index in [9.17, 15) is 4.39 Å². The molecular weight excluding hydrogens is 480 g/mol. The number of nitrogens with one attached hydrogen (secondary N) is 2. The van der Waals surface area contributed by atoms with Crippen molar-refractivity contribution in [3.63, 3.8) is 0 Å². The quantitative estimate of drug-likeness (QED) is 0.322. The van der Waals surface area contributed by atoms with Crippen LogP contribution in [0.25, 0.3) is 0 Å². The number of rotatable bonds is 8. The van der Waals surface area contributed by atoms with Crippen LogP contribution in [-0.2, 0) is 13.1 Å². The van der Waals surface area contributed by atoms with Gasteiger partial charge >= 0.3 is 0 Å². The average Bonchev–Trinajstić information content (AvgIpc) is 3.22. The minimum atomic E-state index is -0.101. The first-order valence-electron chi connectivity index (χ1n) is 10.3. The van der Waals surface area contributed by atoms with Crippen LogP contribution in [0.5, 0.6) is 0 Å². The first-order valence-corrected chi connectivity index (χ1v) is 10.3. The van der Waals surface area contributed by atoms with Gasteiger partial charge < -0.3 is 15.2 Å². The lowest BCUT2D eigenvalue weighted by Gasteiger charge is -2.31. The van der Waals surface area contributed by atoms with Crippen molar-refractivity contribution in [2.24, 2.45) is 10.9 Å². The molecule has 3 rings (SSSR count). The third-order valence-electron chi connectivity index (χ3n) is 5.24. The summed E-state index contributed by atoms with van der Waals surface area (Å²) in [6.07, 6.45) is 6.36. The van der Waals surface area contributed by atoms with Gasteiger partial charge in [0, 0.05) is 50.7 Å². The SMILES string of the molecule is CCNC(=NCC1CCN(Cc2ccccc2F)CC1)NCCn1cccc1.I. The number of benzene rings is 1. The number of aromatic nitrogens is 1. The highest BCUT2D eigenvalue weighted by Gasteiger charge is 2.20. The molecule has 1 aromatic carbocycles. The van der Waals surface area contributed by atoms with Gasteiger partial charge in [-0.3, -0.25) is 9.89 Å². The lowest BCUT2D eigenvalue weighted by Crippen LogP contribution is -2.40. The smallest absolute Gasteiger partial charge is 0.191 e. The first kappa shape index (κ1) is 23.7. The highest BCUT2D eigenvalue weighted by molar-refractivity contribution is 14.0. The maximum absolute atomic E-state index is 13.8. The first-order chi connectivity index (χ1) is 13.7. The molecular formula is C22H33FIN5. The minimum absolute atomic E-state index is 0. The molecule has 0 atom stereocenters. The molecule has 2 heterocycles.